The molecule has 1 unspecified atom stereocenters. The maximum atomic E-state index is 12.6. The molecule has 0 bridgehead atoms. The van der Waals surface area contributed by atoms with E-state index in [1.165, 1.54) is 26.4 Å². The Hall–Kier alpha value is -2.99. The fourth-order valence-electron chi connectivity index (χ4n) is 3.39. The molecule has 1 aliphatic rings. The van der Waals surface area contributed by atoms with Crippen LogP contribution in [-0.4, -0.2) is 38.7 Å². The van der Waals surface area contributed by atoms with Gasteiger partial charge in [-0.1, -0.05) is 29.8 Å². The summed E-state index contributed by atoms with van der Waals surface area (Å²) in [5.41, 5.74) is 2.62. The Bertz CT molecular complexity index is 956. The monoisotopic (exact) mass is 415 g/mol. The summed E-state index contributed by atoms with van der Waals surface area (Å²) >= 11 is 6.15. The third-order valence-electron chi connectivity index (χ3n) is 4.68. The van der Waals surface area contributed by atoms with Gasteiger partial charge in [0, 0.05) is 17.8 Å². The highest BCUT2D eigenvalue weighted by atomic mass is 35.5. The lowest BCUT2D eigenvalue weighted by Gasteiger charge is -2.22. The SMILES string of the molecule is COc1cc(/C=C/C(=O)OCC(=O)N2c3ccccc3CC2C)cc(Cl)c1OC. The van der Waals surface area contributed by atoms with E-state index in [1.54, 1.807) is 17.0 Å². The van der Waals surface area contributed by atoms with E-state index in [-0.39, 0.29) is 18.6 Å². The lowest BCUT2D eigenvalue weighted by molar-refractivity contribution is -0.143. The predicted octanol–water partition coefficient (Wildman–Crippen LogP) is 3.89. The minimum absolute atomic E-state index is 0.0306. The van der Waals surface area contributed by atoms with Gasteiger partial charge in [-0.3, -0.25) is 4.79 Å². The molecule has 1 atom stereocenters. The number of nitrogens with zero attached hydrogens (tertiary/aromatic N) is 1. The maximum Gasteiger partial charge on any atom is 0.331 e. The molecule has 0 aromatic heterocycles. The van der Waals surface area contributed by atoms with Crippen molar-refractivity contribution in [3.63, 3.8) is 0 Å². The fraction of sp³-hybridized carbons (Fsp3) is 0.273. The van der Waals surface area contributed by atoms with Crippen LogP contribution in [0.15, 0.2) is 42.5 Å². The molecule has 152 valence electrons. The molecule has 0 aliphatic carbocycles. The number of hydrogen-bond acceptors (Lipinski definition) is 5. The Kier molecular flexibility index (Phi) is 6.44. The second-order valence-electron chi connectivity index (χ2n) is 6.62. The summed E-state index contributed by atoms with van der Waals surface area (Å²) in [7, 11) is 2.99. The third kappa shape index (κ3) is 4.54. The Morgan fingerprint density at radius 2 is 1.97 bits per heavy atom. The molecule has 2 aromatic rings. The van der Waals surface area contributed by atoms with Gasteiger partial charge in [-0.2, -0.15) is 0 Å². The molecule has 1 heterocycles. The van der Waals surface area contributed by atoms with Crippen LogP contribution in [0.25, 0.3) is 6.08 Å². The van der Waals surface area contributed by atoms with Crippen molar-refractivity contribution in [3.05, 3.63) is 58.6 Å². The zero-order chi connectivity index (χ0) is 21.0. The van der Waals surface area contributed by atoms with Gasteiger partial charge < -0.3 is 19.1 Å². The molecule has 3 rings (SSSR count). The number of benzene rings is 2. The van der Waals surface area contributed by atoms with Crippen LogP contribution in [0.3, 0.4) is 0 Å². The van der Waals surface area contributed by atoms with Gasteiger partial charge in [0.2, 0.25) is 0 Å². The molecule has 0 saturated carbocycles. The number of carbonyl (C=O) groups excluding carboxylic acids is 2. The molecule has 2 aromatic carbocycles. The van der Waals surface area contributed by atoms with E-state index in [0.717, 1.165) is 17.7 Å². The number of fused-ring (bicyclic) bond motifs is 1. The molecule has 0 radical (unpaired) electrons. The molecule has 7 heteroatoms. The molecule has 29 heavy (non-hydrogen) atoms. The Labute approximate surface area is 174 Å². The van der Waals surface area contributed by atoms with Gasteiger partial charge in [0.1, 0.15) is 0 Å². The molecular weight excluding hydrogens is 394 g/mol. The van der Waals surface area contributed by atoms with Gasteiger partial charge in [-0.15, -0.1) is 0 Å². The first-order chi connectivity index (χ1) is 13.9. The summed E-state index contributed by atoms with van der Waals surface area (Å²) in [6, 6.07) is 11.1. The van der Waals surface area contributed by atoms with Gasteiger partial charge in [0.05, 0.1) is 19.2 Å². The minimum Gasteiger partial charge on any atom is -0.493 e. The van der Waals surface area contributed by atoms with Crippen LogP contribution in [0, 0.1) is 0 Å². The number of rotatable bonds is 6. The summed E-state index contributed by atoms with van der Waals surface area (Å²) < 4.78 is 15.5. The number of amides is 1. The van der Waals surface area contributed by atoms with Crippen LogP contribution in [0.4, 0.5) is 5.69 Å². The normalized spacial score (nSPS) is 15.3. The van der Waals surface area contributed by atoms with Crippen molar-refractivity contribution in [1.82, 2.24) is 0 Å². The summed E-state index contributed by atoms with van der Waals surface area (Å²) in [6.07, 6.45) is 3.57. The highest BCUT2D eigenvalue weighted by Crippen LogP contribution is 2.36. The molecule has 0 fully saturated rings. The first-order valence-corrected chi connectivity index (χ1v) is 9.48. The van der Waals surface area contributed by atoms with Crippen molar-refractivity contribution in [2.24, 2.45) is 0 Å². The van der Waals surface area contributed by atoms with Gasteiger partial charge in [0.25, 0.3) is 5.91 Å². The average molecular weight is 416 g/mol. The summed E-state index contributed by atoms with van der Waals surface area (Å²) in [6.45, 7) is 1.65. The van der Waals surface area contributed by atoms with E-state index in [4.69, 9.17) is 25.8 Å². The van der Waals surface area contributed by atoms with E-state index in [2.05, 4.69) is 0 Å². The predicted molar refractivity (Wildman–Crippen MR) is 112 cm³/mol. The topological polar surface area (TPSA) is 65.1 Å². The van der Waals surface area contributed by atoms with Gasteiger partial charge >= 0.3 is 5.97 Å². The van der Waals surface area contributed by atoms with Crippen molar-refractivity contribution < 1.29 is 23.8 Å². The molecule has 1 amide bonds. The second-order valence-corrected chi connectivity index (χ2v) is 7.03. The quantitative estimate of drug-likeness (QED) is 0.529. The minimum atomic E-state index is -0.621. The average Bonchev–Trinajstić information content (AvgIpc) is 3.05. The number of methoxy groups -OCH3 is 2. The molecule has 0 saturated heterocycles. The maximum absolute atomic E-state index is 12.6. The number of halogens is 1. The van der Waals surface area contributed by atoms with Crippen molar-refractivity contribution in [2.75, 3.05) is 25.7 Å². The summed E-state index contributed by atoms with van der Waals surface area (Å²) in [5.74, 6) is -0.00728. The number of ether oxygens (including phenoxy) is 3. The van der Waals surface area contributed by atoms with E-state index in [0.29, 0.717) is 22.1 Å². The standard InChI is InChI=1S/C22H22ClNO5/c1-14-10-16-6-4-5-7-18(16)24(14)20(25)13-29-21(26)9-8-15-11-17(23)22(28-3)19(12-15)27-2/h4-9,11-12,14H,10,13H2,1-3H3/b9-8+. The Morgan fingerprint density at radius 3 is 2.69 bits per heavy atom. The van der Waals surface area contributed by atoms with Crippen molar-refractivity contribution >= 4 is 35.2 Å². The third-order valence-corrected chi connectivity index (χ3v) is 4.96. The summed E-state index contributed by atoms with van der Waals surface area (Å²) in [4.78, 5) is 26.3. The lowest BCUT2D eigenvalue weighted by atomic mass is 10.1. The number of hydrogen-bond donors (Lipinski definition) is 0. The molecule has 1 aliphatic heterocycles. The zero-order valence-electron chi connectivity index (χ0n) is 16.5. The van der Waals surface area contributed by atoms with Crippen LogP contribution in [0.5, 0.6) is 11.5 Å². The number of para-hydroxylation sites is 1. The van der Waals surface area contributed by atoms with Crippen LogP contribution in [0.1, 0.15) is 18.1 Å². The van der Waals surface area contributed by atoms with E-state index in [9.17, 15) is 9.59 Å². The van der Waals surface area contributed by atoms with Gasteiger partial charge in [-0.25, -0.2) is 4.79 Å². The second kappa shape index (κ2) is 9.01. The number of carbonyl (C=O) groups is 2. The summed E-state index contributed by atoms with van der Waals surface area (Å²) in [5, 5.41) is 0.358. The highest BCUT2D eigenvalue weighted by Gasteiger charge is 2.30. The fourth-order valence-corrected chi connectivity index (χ4v) is 3.69. The first kappa shape index (κ1) is 20.7. The largest absolute Gasteiger partial charge is 0.493 e. The molecule has 0 N–H and O–H groups in total. The number of esters is 1. The van der Waals surface area contributed by atoms with Crippen LogP contribution < -0.4 is 14.4 Å². The lowest BCUT2D eigenvalue weighted by Crippen LogP contribution is -2.38. The van der Waals surface area contributed by atoms with E-state index in [1.807, 2.05) is 31.2 Å². The van der Waals surface area contributed by atoms with E-state index >= 15 is 0 Å². The van der Waals surface area contributed by atoms with Gasteiger partial charge in [0.15, 0.2) is 18.1 Å². The Morgan fingerprint density at radius 1 is 1.21 bits per heavy atom. The zero-order valence-corrected chi connectivity index (χ0v) is 17.2. The van der Waals surface area contributed by atoms with Crippen molar-refractivity contribution in [1.29, 1.82) is 0 Å². The van der Waals surface area contributed by atoms with Crippen molar-refractivity contribution in [2.45, 2.75) is 19.4 Å². The Balaban J connectivity index is 1.62. The number of anilines is 1. The molecule has 6 nitrogen and oxygen atoms in total. The molecular formula is C22H22ClNO5. The van der Waals surface area contributed by atoms with Gasteiger partial charge in [-0.05, 0) is 48.7 Å². The van der Waals surface area contributed by atoms with Crippen LogP contribution in [0.2, 0.25) is 5.02 Å². The highest BCUT2D eigenvalue weighted by molar-refractivity contribution is 6.32. The van der Waals surface area contributed by atoms with E-state index < -0.39 is 5.97 Å². The van der Waals surface area contributed by atoms with Crippen molar-refractivity contribution in [3.8, 4) is 11.5 Å². The van der Waals surface area contributed by atoms with Crippen LogP contribution in [-0.2, 0) is 20.7 Å². The smallest absolute Gasteiger partial charge is 0.331 e. The van der Waals surface area contributed by atoms with Crippen LogP contribution >= 0.6 is 11.6 Å². The first-order valence-electron chi connectivity index (χ1n) is 9.11. The molecule has 0 spiro atoms.